The van der Waals surface area contributed by atoms with E-state index in [4.69, 9.17) is 14.2 Å². The van der Waals surface area contributed by atoms with Gasteiger partial charge in [-0.1, -0.05) is 31.6 Å². The predicted octanol–water partition coefficient (Wildman–Crippen LogP) is 4.70. The molecule has 1 aromatic rings. The third-order valence-electron chi connectivity index (χ3n) is 9.22. The highest BCUT2D eigenvalue weighted by molar-refractivity contribution is 5.87. The van der Waals surface area contributed by atoms with Crippen molar-refractivity contribution in [2.45, 2.75) is 59.0 Å². The van der Waals surface area contributed by atoms with E-state index in [0.717, 1.165) is 36.0 Å². The summed E-state index contributed by atoms with van der Waals surface area (Å²) in [5.74, 6) is 1.12. The van der Waals surface area contributed by atoms with Crippen LogP contribution in [0.15, 0.2) is 47.6 Å². The first-order chi connectivity index (χ1) is 18.2. The summed E-state index contributed by atoms with van der Waals surface area (Å²) in [7, 11) is 3.15. The highest BCUT2D eigenvalue weighted by Crippen LogP contribution is 2.62. The number of ether oxygens (including phenoxy) is 3. The lowest BCUT2D eigenvalue weighted by Crippen LogP contribution is -2.60. The second kappa shape index (κ2) is 13.0. The molecular weight excluding hydrogens is 484 g/mol. The van der Waals surface area contributed by atoms with Crippen LogP contribution in [-0.4, -0.2) is 61.4 Å². The normalized spacial score (nSPS) is 29.5. The third kappa shape index (κ3) is 6.00. The largest absolute Gasteiger partial charge is 0.497 e. The van der Waals surface area contributed by atoms with E-state index < -0.39 is 17.5 Å². The predicted molar refractivity (Wildman–Crippen MR) is 148 cm³/mol. The van der Waals surface area contributed by atoms with Crippen LogP contribution >= 0.6 is 0 Å². The summed E-state index contributed by atoms with van der Waals surface area (Å²) in [6.07, 6.45) is 10.2. The van der Waals surface area contributed by atoms with Crippen LogP contribution in [0.4, 0.5) is 0 Å². The van der Waals surface area contributed by atoms with Gasteiger partial charge in [0.15, 0.2) is 0 Å². The number of benzene rings is 1. The van der Waals surface area contributed by atoms with E-state index in [1.165, 1.54) is 6.08 Å². The van der Waals surface area contributed by atoms with Gasteiger partial charge in [-0.25, -0.2) is 4.79 Å². The van der Waals surface area contributed by atoms with Gasteiger partial charge in [0, 0.05) is 17.7 Å². The lowest BCUT2D eigenvalue weighted by atomic mass is 9.45. The maximum Gasteiger partial charge on any atom is 0.330 e. The Hall–Kier alpha value is -2.61. The number of hydrogen-bond donors (Lipinski definition) is 3. The van der Waals surface area contributed by atoms with Gasteiger partial charge in [-0.3, -0.25) is 0 Å². The second-order valence-corrected chi connectivity index (χ2v) is 11.0. The Morgan fingerprint density at radius 1 is 1.21 bits per heavy atom. The minimum absolute atomic E-state index is 0.0781. The molecule has 0 aromatic heterocycles. The van der Waals surface area contributed by atoms with Gasteiger partial charge in [-0.05, 0) is 80.1 Å². The molecule has 1 aromatic carbocycles. The number of hydrogen-bond acceptors (Lipinski definition) is 7. The molecule has 1 saturated carbocycles. The molecule has 210 valence electrons. The summed E-state index contributed by atoms with van der Waals surface area (Å²) in [5, 5.41) is 30.6. The Bertz CT molecular complexity index is 1060. The van der Waals surface area contributed by atoms with Gasteiger partial charge in [0.05, 0.1) is 39.0 Å². The molecule has 0 radical (unpaired) electrons. The molecule has 3 N–H and O–H groups in total. The van der Waals surface area contributed by atoms with Crippen molar-refractivity contribution in [1.82, 2.24) is 0 Å². The fourth-order valence-electron chi connectivity index (χ4n) is 6.65. The van der Waals surface area contributed by atoms with Crippen LogP contribution in [0.1, 0.15) is 58.4 Å². The van der Waals surface area contributed by atoms with Crippen LogP contribution in [0.2, 0.25) is 0 Å². The van der Waals surface area contributed by atoms with Gasteiger partial charge in [0.25, 0.3) is 0 Å². The van der Waals surface area contributed by atoms with Gasteiger partial charge < -0.3 is 29.5 Å². The topological polar surface area (TPSA) is 105 Å². The van der Waals surface area contributed by atoms with E-state index in [0.29, 0.717) is 24.3 Å². The van der Waals surface area contributed by atoms with Crippen LogP contribution in [0.3, 0.4) is 0 Å². The summed E-state index contributed by atoms with van der Waals surface area (Å²) < 4.78 is 16.5. The molecule has 0 aliphatic heterocycles. The van der Waals surface area contributed by atoms with Gasteiger partial charge in [-0.2, -0.15) is 0 Å². The Labute approximate surface area is 226 Å². The molecular formula is C31H44O7. The molecule has 0 bridgehead atoms. The van der Waals surface area contributed by atoms with Crippen LogP contribution in [0, 0.1) is 22.7 Å². The van der Waals surface area contributed by atoms with Crippen LogP contribution in [0.25, 0.3) is 6.08 Å². The van der Waals surface area contributed by atoms with E-state index in [2.05, 4.69) is 19.9 Å². The molecule has 0 spiro atoms. The molecule has 7 nitrogen and oxygen atoms in total. The first-order valence-electron chi connectivity index (χ1n) is 13.5. The van der Waals surface area contributed by atoms with Crippen molar-refractivity contribution < 1.29 is 34.3 Å². The number of esters is 1. The van der Waals surface area contributed by atoms with Crippen LogP contribution in [-0.2, 0) is 9.53 Å². The molecule has 3 rings (SSSR count). The molecule has 2 aliphatic rings. The second-order valence-electron chi connectivity index (χ2n) is 11.0. The molecule has 0 unspecified atom stereocenters. The van der Waals surface area contributed by atoms with Crippen molar-refractivity contribution >= 4 is 12.0 Å². The van der Waals surface area contributed by atoms with E-state index in [1.807, 2.05) is 13.0 Å². The van der Waals surface area contributed by atoms with Crippen LogP contribution in [0.5, 0.6) is 11.5 Å². The molecule has 5 atom stereocenters. The molecule has 0 saturated heterocycles. The van der Waals surface area contributed by atoms with Gasteiger partial charge in [-0.15, -0.1) is 0 Å². The first-order valence-corrected chi connectivity index (χ1v) is 13.5. The minimum Gasteiger partial charge on any atom is -0.497 e. The van der Waals surface area contributed by atoms with Gasteiger partial charge in [0.1, 0.15) is 18.1 Å². The maximum atomic E-state index is 12.9. The minimum atomic E-state index is -0.666. The maximum absolute atomic E-state index is 12.9. The molecule has 0 amide bonds. The van der Waals surface area contributed by atoms with E-state index in [9.17, 15) is 20.1 Å². The number of aliphatic hydroxyl groups excluding tert-OH is 3. The smallest absolute Gasteiger partial charge is 0.330 e. The monoisotopic (exact) mass is 528 g/mol. The molecule has 38 heavy (non-hydrogen) atoms. The van der Waals surface area contributed by atoms with Gasteiger partial charge in [0.2, 0.25) is 0 Å². The number of rotatable bonds is 11. The standard InChI is InChI=1S/C31H44O7/c1-21-7-6-8-27-30(3,15-13-23(19-33)14-16-32)22(2)17-28(34)31(21,27)20-38-29(35)12-10-24-9-11-25(36-4)18-26(24)37-5/h7,9-12,14,18,22,27-28,32-34H,6,8,13,15-17,19-20H2,1-5H3/b12-10+,23-14-/t22-,27-,28-,30+,31+/m1/s1. The zero-order valence-electron chi connectivity index (χ0n) is 23.4. The van der Waals surface area contributed by atoms with E-state index in [1.54, 1.807) is 38.5 Å². The average Bonchev–Trinajstić information content (AvgIpc) is 2.92. The van der Waals surface area contributed by atoms with E-state index in [-0.39, 0.29) is 37.1 Å². The summed E-state index contributed by atoms with van der Waals surface area (Å²) >= 11 is 0. The number of allylic oxidation sites excluding steroid dienone is 1. The lowest BCUT2D eigenvalue weighted by molar-refractivity contribution is -0.169. The van der Waals surface area contributed by atoms with Crippen molar-refractivity contribution in [2.75, 3.05) is 34.0 Å². The van der Waals surface area contributed by atoms with Crippen molar-refractivity contribution in [3.8, 4) is 11.5 Å². The van der Waals surface area contributed by atoms with Gasteiger partial charge >= 0.3 is 5.97 Å². The lowest BCUT2D eigenvalue weighted by Gasteiger charge is -2.60. The highest BCUT2D eigenvalue weighted by Gasteiger charge is 2.60. The van der Waals surface area contributed by atoms with Crippen molar-refractivity contribution in [3.05, 3.63) is 53.1 Å². The average molecular weight is 529 g/mol. The number of carbonyl (C=O) groups excluding carboxylic acids is 1. The van der Waals surface area contributed by atoms with Crippen molar-refractivity contribution in [3.63, 3.8) is 0 Å². The summed E-state index contributed by atoms with van der Waals surface area (Å²) in [4.78, 5) is 12.9. The first kappa shape index (κ1) is 29.9. The Morgan fingerprint density at radius 2 is 1.97 bits per heavy atom. The third-order valence-corrected chi connectivity index (χ3v) is 9.22. The number of methoxy groups -OCH3 is 2. The molecule has 7 heteroatoms. The van der Waals surface area contributed by atoms with E-state index >= 15 is 0 Å². The fourth-order valence-corrected chi connectivity index (χ4v) is 6.65. The molecule has 0 heterocycles. The highest BCUT2D eigenvalue weighted by atomic mass is 16.5. The van der Waals surface area contributed by atoms with Crippen molar-refractivity contribution in [1.29, 1.82) is 0 Å². The fraction of sp³-hybridized carbons (Fsp3) is 0.581. The number of aliphatic hydroxyl groups is 3. The summed E-state index contributed by atoms with van der Waals surface area (Å²) in [5.41, 5.74) is 1.81. The Kier molecular flexibility index (Phi) is 10.2. The Morgan fingerprint density at radius 3 is 2.63 bits per heavy atom. The zero-order chi connectivity index (χ0) is 27.9. The number of fused-ring (bicyclic) bond motifs is 1. The number of carbonyl (C=O) groups is 1. The quantitative estimate of drug-likeness (QED) is 0.217. The SMILES string of the molecule is COc1ccc(/C=C/C(=O)OC[C@]23C(C)=CCC[C@@H]2[C@@](C)(CC/C(=C/CO)CO)[C@H](C)C[C@H]3O)c(OC)c1. The van der Waals surface area contributed by atoms with Crippen molar-refractivity contribution in [2.24, 2.45) is 22.7 Å². The summed E-state index contributed by atoms with van der Waals surface area (Å²) in [6.45, 7) is 6.43. The summed E-state index contributed by atoms with van der Waals surface area (Å²) in [6, 6.07) is 5.36. The van der Waals surface area contributed by atoms with Crippen LogP contribution < -0.4 is 9.47 Å². The zero-order valence-corrected chi connectivity index (χ0v) is 23.4. The molecule has 2 aliphatic carbocycles. The molecule has 1 fully saturated rings. The Balaban J connectivity index is 1.83.